The molecule has 0 saturated carbocycles. The SMILES string of the molecule is CCCCCCCCCCCCCC(=O)O[C@@H]1[C@@H](CC(=O)NOCc2ccccc2)CO[C@@H]2COC(c3ccccc3)O[C@@H]12. The van der Waals surface area contributed by atoms with Crippen LogP contribution in [0.5, 0.6) is 0 Å². The summed E-state index contributed by atoms with van der Waals surface area (Å²) in [6.07, 6.45) is 11.6. The standard InChI is InChI=1S/C36H51NO7/c1-2-3-4-5-6-7-8-9-10-11-18-23-33(39)43-34-30(24-32(38)37-42-25-28-19-14-12-15-20-28)26-40-31-27-41-36(44-35(31)34)29-21-16-13-17-22-29/h12-17,19-22,30-31,34-36H,2-11,18,23-27H2,1H3,(H,37,38)/t30-,31+,34+,35+,36?/m0/s1. The second-order valence-corrected chi connectivity index (χ2v) is 12.1. The van der Waals surface area contributed by atoms with E-state index >= 15 is 0 Å². The van der Waals surface area contributed by atoms with E-state index in [-0.39, 0.29) is 43.5 Å². The maximum atomic E-state index is 13.1. The van der Waals surface area contributed by atoms with Crippen LogP contribution in [0.25, 0.3) is 0 Å². The van der Waals surface area contributed by atoms with Gasteiger partial charge in [-0.15, -0.1) is 0 Å². The lowest BCUT2D eigenvalue weighted by Crippen LogP contribution is -2.58. The van der Waals surface area contributed by atoms with E-state index in [2.05, 4.69) is 12.4 Å². The predicted molar refractivity (Wildman–Crippen MR) is 168 cm³/mol. The summed E-state index contributed by atoms with van der Waals surface area (Å²) in [4.78, 5) is 31.4. The van der Waals surface area contributed by atoms with Crippen LogP contribution in [0.4, 0.5) is 0 Å². The van der Waals surface area contributed by atoms with Crippen LogP contribution in [0.2, 0.25) is 0 Å². The van der Waals surface area contributed by atoms with E-state index in [1.165, 1.54) is 51.4 Å². The Kier molecular flexibility index (Phi) is 15.2. The third kappa shape index (κ3) is 11.6. The van der Waals surface area contributed by atoms with E-state index in [1.54, 1.807) is 0 Å². The minimum Gasteiger partial charge on any atom is -0.459 e. The number of hydrogen-bond donors (Lipinski definition) is 1. The zero-order valence-electron chi connectivity index (χ0n) is 26.3. The number of carbonyl (C=O) groups excluding carboxylic acids is 2. The number of carbonyl (C=O) groups is 2. The molecule has 0 aliphatic carbocycles. The number of ether oxygens (including phenoxy) is 4. The third-order valence-corrected chi connectivity index (χ3v) is 8.41. The summed E-state index contributed by atoms with van der Waals surface area (Å²) in [7, 11) is 0. The zero-order chi connectivity index (χ0) is 30.8. The first kappa shape index (κ1) is 34.1. The highest BCUT2D eigenvalue weighted by molar-refractivity contribution is 5.75. The van der Waals surface area contributed by atoms with Crippen molar-refractivity contribution in [2.45, 2.75) is 122 Å². The fourth-order valence-corrected chi connectivity index (χ4v) is 5.91. The van der Waals surface area contributed by atoms with E-state index < -0.39 is 18.5 Å². The summed E-state index contributed by atoms with van der Waals surface area (Å²) < 4.78 is 24.5. The van der Waals surface area contributed by atoms with Crippen LogP contribution in [0, 0.1) is 5.92 Å². The molecule has 0 bridgehead atoms. The highest BCUT2D eigenvalue weighted by atomic mass is 16.7. The largest absolute Gasteiger partial charge is 0.459 e. The molecule has 2 fully saturated rings. The smallest absolute Gasteiger partial charge is 0.306 e. The number of nitrogens with one attached hydrogen (secondary N) is 1. The molecule has 2 aliphatic rings. The Bertz CT molecular complexity index is 1080. The van der Waals surface area contributed by atoms with Gasteiger partial charge in [-0.1, -0.05) is 132 Å². The molecule has 0 spiro atoms. The number of hydrogen-bond acceptors (Lipinski definition) is 7. The molecule has 2 saturated heterocycles. The van der Waals surface area contributed by atoms with Gasteiger partial charge < -0.3 is 18.9 Å². The molecule has 2 heterocycles. The molecule has 4 rings (SSSR count). The van der Waals surface area contributed by atoms with E-state index in [0.29, 0.717) is 13.0 Å². The van der Waals surface area contributed by atoms with Crippen molar-refractivity contribution in [3.8, 4) is 0 Å². The molecule has 0 aromatic heterocycles. The molecule has 8 heteroatoms. The maximum absolute atomic E-state index is 13.1. The second kappa shape index (κ2) is 19.6. The fourth-order valence-electron chi connectivity index (χ4n) is 5.91. The summed E-state index contributed by atoms with van der Waals surface area (Å²) >= 11 is 0. The Balaban J connectivity index is 1.26. The summed E-state index contributed by atoms with van der Waals surface area (Å²) in [6, 6.07) is 19.3. The molecule has 2 aliphatic heterocycles. The number of unbranched alkanes of at least 4 members (excludes halogenated alkanes) is 10. The van der Waals surface area contributed by atoms with Gasteiger partial charge in [-0.2, -0.15) is 0 Å². The van der Waals surface area contributed by atoms with Gasteiger partial charge >= 0.3 is 5.97 Å². The van der Waals surface area contributed by atoms with Crippen LogP contribution in [-0.4, -0.2) is 43.4 Å². The minimum absolute atomic E-state index is 0.0780. The molecule has 1 unspecified atom stereocenters. The number of benzene rings is 2. The van der Waals surface area contributed by atoms with E-state index in [4.69, 9.17) is 23.8 Å². The van der Waals surface area contributed by atoms with Gasteiger partial charge in [0.05, 0.1) is 19.8 Å². The minimum atomic E-state index is -0.635. The first-order chi connectivity index (χ1) is 21.6. The van der Waals surface area contributed by atoms with Crippen molar-refractivity contribution >= 4 is 11.9 Å². The Hall–Kier alpha value is -2.78. The summed E-state index contributed by atoms with van der Waals surface area (Å²) in [6.45, 7) is 3.08. The summed E-state index contributed by atoms with van der Waals surface area (Å²) in [5.74, 6) is -0.942. The Morgan fingerprint density at radius 3 is 2.11 bits per heavy atom. The molecule has 2 aromatic carbocycles. The van der Waals surface area contributed by atoms with Gasteiger partial charge in [0.2, 0.25) is 5.91 Å². The highest BCUT2D eigenvalue weighted by Crippen LogP contribution is 2.36. The lowest BCUT2D eigenvalue weighted by atomic mass is 9.88. The molecule has 5 atom stereocenters. The van der Waals surface area contributed by atoms with Gasteiger partial charge in [0.15, 0.2) is 6.29 Å². The van der Waals surface area contributed by atoms with Crippen LogP contribution in [0.1, 0.15) is 108 Å². The Morgan fingerprint density at radius 1 is 0.795 bits per heavy atom. The number of fused-ring (bicyclic) bond motifs is 1. The highest BCUT2D eigenvalue weighted by Gasteiger charge is 2.48. The summed E-state index contributed by atoms with van der Waals surface area (Å²) in [5, 5.41) is 0. The van der Waals surface area contributed by atoms with Crippen LogP contribution in [0.3, 0.4) is 0 Å². The number of esters is 1. The fraction of sp³-hybridized carbons (Fsp3) is 0.611. The van der Waals surface area contributed by atoms with Crippen molar-refractivity contribution in [2.24, 2.45) is 5.92 Å². The number of amides is 1. The van der Waals surface area contributed by atoms with Crippen molar-refractivity contribution < 1.29 is 33.4 Å². The van der Waals surface area contributed by atoms with Crippen molar-refractivity contribution in [2.75, 3.05) is 13.2 Å². The molecule has 0 radical (unpaired) electrons. The third-order valence-electron chi connectivity index (χ3n) is 8.41. The topological polar surface area (TPSA) is 92.3 Å². The van der Waals surface area contributed by atoms with Crippen molar-refractivity contribution in [3.05, 3.63) is 71.8 Å². The maximum Gasteiger partial charge on any atom is 0.306 e. The van der Waals surface area contributed by atoms with E-state index in [1.807, 2.05) is 60.7 Å². The molecule has 1 N–H and O–H groups in total. The molecular weight excluding hydrogens is 558 g/mol. The van der Waals surface area contributed by atoms with Crippen LogP contribution in [-0.2, 0) is 40.0 Å². The molecule has 242 valence electrons. The molecule has 2 aromatic rings. The average molecular weight is 610 g/mol. The second-order valence-electron chi connectivity index (χ2n) is 12.1. The molecule has 1 amide bonds. The number of hydroxylamine groups is 1. The van der Waals surface area contributed by atoms with Gasteiger partial charge in [-0.05, 0) is 12.0 Å². The van der Waals surface area contributed by atoms with Crippen molar-refractivity contribution in [1.29, 1.82) is 0 Å². The van der Waals surface area contributed by atoms with E-state index in [9.17, 15) is 9.59 Å². The van der Waals surface area contributed by atoms with Crippen molar-refractivity contribution in [3.63, 3.8) is 0 Å². The number of rotatable bonds is 19. The Morgan fingerprint density at radius 2 is 1.43 bits per heavy atom. The molecule has 44 heavy (non-hydrogen) atoms. The quantitative estimate of drug-likeness (QED) is 0.101. The normalized spacial score (nSPS) is 23.1. The summed E-state index contributed by atoms with van der Waals surface area (Å²) in [5.41, 5.74) is 4.37. The molecule has 8 nitrogen and oxygen atoms in total. The van der Waals surface area contributed by atoms with Gasteiger partial charge in [0, 0.05) is 24.3 Å². The van der Waals surface area contributed by atoms with E-state index in [0.717, 1.165) is 30.4 Å². The van der Waals surface area contributed by atoms with Gasteiger partial charge in [0.1, 0.15) is 18.3 Å². The van der Waals surface area contributed by atoms with Gasteiger partial charge in [0.25, 0.3) is 0 Å². The monoisotopic (exact) mass is 609 g/mol. The van der Waals surface area contributed by atoms with Gasteiger partial charge in [-0.3, -0.25) is 14.4 Å². The first-order valence-corrected chi connectivity index (χ1v) is 16.7. The average Bonchev–Trinajstić information content (AvgIpc) is 3.05. The van der Waals surface area contributed by atoms with Crippen LogP contribution in [0.15, 0.2) is 60.7 Å². The Labute approximate surface area is 263 Å². The lowest BCUT2D eigenvalue weighted by molar-refractivity contribution is -0.310. The first-order valence-electron chi connectivity index (χ1n) is 16.7. The zero-order valence-corrected chi connectivity index (χ0v) is 26.3. The van der Waals surface area contributed by atoms with Crippen LogP contribution >= 0.6 is 0 Å². The lowest BCUT2D eigenvalue weighted by Gasteiger charge is -2.46. The molecular formula is C36H51NO7. The van der Waals surface area contributed by atoms with Gasteiger partial charge in [-0.25, -0.2) is 5.48 Å². The van der Waals surface area contributed by atoms with Crippen molar-refractivity contribution in [1.82, 2.24) is 5.48 Å². The predicted octanol–water partition coefficient (Wildman–Crippen LogP) is 7.37. The van der Waals surface area contributed by atoms with Crippen LogP contribution < -0.4 is 5.48 Å².